The Morgan fingerprint density at radius 1 is 1.32 bits per heavy atom. The number of carbonyl (C=O) groups is 2. The molecule has 0 bridgehead atoms. The number of carboxylic acid groups (broad SMARTS) is 1. The molecular formula is C13H26N2O4. The quantitative estimate of drug-likeness (QED) is 0.627. The maximum atomic E-state index is 11.6. The summed E-state index contributed by atoms with van der Waals surface area (Å²) in [6.07, 6.45) is 1.06. The molecule has 1 atom stereocenters. The lowest BCUT2D eigenvalue weighted by atomic mass is 10.0. The van der Waals surface area contributed by atoms with Crippen molar-refractivity contribution in [2.24, 2.45) is 5.92 Å². The van der Waals surface area contributed by atoms with Gasteiger partial charge in [-0.2, -0.15) is 0 Å². The van der Waals surface area contributed by atoms with E-state index in [4.69, 9.17) is 9.84 Å². The molecule has 0 aromatic carbocycles. The molecule has 0 rings (SSSR count). The van der Waals surface area contributed by atoms with Crippen LogP contribution in [0.4, 0.5) is 4.79 Å². The van der Waals surface area contributed by atoms with Gasteiger partial charge in [0, 0.05) is 13.7 Å². The zero-order chi connectivity index (χ0) is 15.1. The van der Waals surface area contributed by atoms with E-state index in [0.717, 1.165) is 0 Å². The third-order valence-corrected chi connectivity index (χ3v) is 2.88. The van der Waals surface area contributed by atoms with Crippen molar-refractivity contribution >= 4 is 12.0 Å². The molecule has 3 N–H and O–H groups in total. The van der Waals surface area contributed by atoms with Gasteiger partial charge in [-0.25, -0.2) is 9.59 Å². The highest BCUT2D eigenvalue weighted by atomic mass is 16.5. The van der Waals surface area contributed by atoms with Crippen LogP contribution in [-0.4, -0.2) is 42.4 Å². The molecule has 0 saturated carbocycles. The van der Waals surface area contributed by atoms with E-state index < -0.39 is 18.0 Å². The summed E-state index contributed by atoms with van der Waals surface area (Å²) in [6, 6.07) is -1.31. The smallest absolute Gasteiger partial charge is 0.326 e. The van der Waals surface area contributed by atoms with Crippen LogP contribution in [0.25, 0.3) is 0 Å². The number of rotatable bonds is 8. The Morgan fingerprint density at radius 2 is 1.89 bits per heavy atom. The molecule has 112 valence electrons. The zero-order valence-electron chi connectivity index (χ0n) is 12.4. The number of amides is 2. The van der Waals surface area contributed by atoms with Gasteiger partial charge >= 0.3 is 12.0 Å². The molecular weight excluding hydrogens is 248 g/mol. The molecule has 0 heterocycles. The third-order valence-electron chi connectivity index (χ3n) is 2.88. The Kier molecular flexibility index (Phi) is 7.44. The molecule has 0 spiro atoms. The van der Waals surface area contributed by atoms with Gasteiger partial charge in [-0.15, -0.1) is 0 Å². The van der Waals surface area contributed by atoms with Gasteiger partial charge in [-0.1, -0.05) is 13.8 Å². The largest absolute Gasteiger partial charge is 0.480 e. The first kappa shape index (κ1) is 17.7. The monoisotopic (exact) mass is 274 g/mol. The predicted molar refractivity (Wildman–Crippen MR) is 73.1 cm³/mol. The summed E-state index contributed by atoms with van der Waals surface area (Å²) >= 11 is 0. The average Bonchev–Trinajstić information content (AvgIpc) is 2.27. The van der Waals surface area contributed by atoms with Crippen molar-refractivity contribution in [3.8, 4) is 0 Å². The van der Waals surface area contributed by atoms with Gasteiger partial charge in [0.25, 0.3) is 0 Å². The van der Waals surface area contributed by atoms with Crippen LogP contribution in [-0.2, 0) is 9.53 Å². The van der Waals surface area contributed by atoms with E-state index in [9.17, 15) is 9.59 Å². The average molecular weight is 274 g/mol. The Morgan fingerprint density at radius 3 is 2.32 bits per heavy atom. The van der Waals surface area contributed by atoms with E-state index in [0.29, 0.717) is 19.4 Å². The minimum absolute atomic E-state index is 0.203. The van der Waals surface area contributed by atoms with Crippen LogP contribution in [0.1, 0.15) is 40.5 Å². The fraction of sp³-hybridized carbons (Fsp3) is 0.846. The lowest BCUT2D eigenvalue weighted by Gasteiger charge is -2.23. The van der Waals surface area contributed by atoms with Crippen molar-refractivity contribution in [1.29, 1.82) is 0 Å². The van der Waals surface area contributed by atoms with Crippen LogP contribution < -0.4 is 10.6 Å². The SMILES string of the molecule is COC(C)(C)CCNC(=O)NC(CC(C)C)C(=O)O. The number of hydrogen-bond donors (Lipinski definition) is 3. The molecule has 2 amide bonds. The molecule has 0 aromatic heterocycles. The maximum Gasteiger partial charge on any atom is 0.326 e. The summed E-state index contributed by atoms with van der Waals surface area (Å²) in [5, 5.41) is 14.1. The van der Waals surface area contributed by atoms with Gasteiger partial charge in [-0.05, 0) is 32.6 Å². The summed E-state index contributed by atoms with van der Waals surface area (Å²) in [5.41, 5.74) is -0.308. The second kappa shape index (κ2) is 7.99. The molecule has 0 aromatic rings. The van der Waals surface area contributed by atoms with E-state index in [1.54, 1.807) is 7.11 Å². The summed E-state index contributed by atoms with van der Waals surface area (Å²) in [6.45, 7) is 8.10. The Bertz CT molecular complexity index is 303. The lowest BCUT2D eigenvalue weighted by molar-refractivity contribution is -0.139. The van der Waals surface area contributed by atoms with Crippen molar-refractivity contribution in [2.45, 2.75) is 52.2 Å². The normalized spacial score (nSPS) is 13.2. The van der Waals surface area contributed by atoms with Crippen molar-refractivity contribution in [3.05, 3.63) is 0 Å². The highest BCUT2D eigenvalue weighted by molar-refractivity contribution is 5.82. The van der Waals surface area contributed by atoms with Crippen LogP contribution in [0.2, 0.25) is 0 Å². The highest BCUT2D eigenvalue weighted by Gasteiger charge is 2.21. The molecule has 0 aliphatic carbocycles. The number of ether oxygens (including phenoxy) is 1. The van der Waals surface area contributed by atoms with Gasteiger partial charge in [-0.3, -0.25) is 0 Å². The van der Waals surface area contributed by atoms with Gasteiger partial charge in [0.2, 0.25) is 0 Å². The Balaban J connectivity index is 4.10. The number of urea groups is 1. The molecule has 0 fully saturated rings. The van der Waals surface area contributed by atoms with E-state index in [1.807, 2.05) is 27.7 Å². The van der Waals surface area contributed by atoms with Crippen LogP contribution in [0.5, 0.6) is 0 Å². The second-order valence-electron chi connectivity index (χ2n) is 5.63. The number of carbonyl (C=O) groups excluding carboxylic acids is 1. The molecule has 6 heteroatoms. The number of nitrogens with one attached hydrogen (secondary N) is 2. The van der Waals surface area contributed by atoms with Crippen molar-refractivity contribution in [2.75, 3.05) is 13.7 Å². The van der Waals surface area contributed by atoms with E-state index >= 15 is 0 Å². The molecule has 19 heavy (non-hydrogen) atoms. The number of carboxylic acids is 1. The Hall–Kier alpha value is -1.30. The van der Waals surface area contributed by atoms with Crippen LogP contribution in [0, 0.1) is 5.92 Å². The van der Waals surface area contributed by atoms with Crippen molar-refractivity contribution in [3.63, 3.8) is 0 Å². The van der Waals surface area contributed by atoms with Gasteiger partial charge in [0.05, 0.1) is 5.60 Å². The van der Waals surface area contributed by atoms with Crippen LogP contribution >= 0.6 is 0 Å². The predicted octanol–water partition coefficient (Wildman–Crippen LogP) is 1.60. The minimum atomic E-state index is -1.01. The molecule has 1 unspecified atom stereocenters. The zero-order valence-corrected chi connectivity index (χ0v) is 12.4. The van der Waals surface area contributed by atoms with E-state index in [1.165, 1.54) is 0 Å². The second-order valence-corrected chi connectivity index (χ2v) is 5.63. The molecule has 6 nitrogen and oxygen atoms in total. The fourth-order valence-corrected chi connectivity index (χ4v) is 1.48. The third kappa shape index (κ3) is 8.42. The first-order chi connectivity index (χ1) is 8.68. The summed E-state index contributed by atoms with van der Waals surface area (Å²) in [5.74, 6) is -0.810. The van der Waals surface area contributed by atoms with Crippen LogP contribution in [0.15, 0.2) is 0 Å². The summed E-state index contributed by atoms with van der Waals surface area (Å²) in [7, 11) is 1.61. The Labute approximate surface area is 114 Å². The minimum Gasteiger partial charge on any atom is -0.480 e. The van der Waals surface area contributed by atoms with E-state index in [-0.39, 0.29) is 11.5 Å². The summed E-state index contributed by atoms with van der Waals surface area (Å²) < 4.78 is 5.23. The highest BCUT2D eigenvalue weighted by Crippen LogP contribution is 2.11. The molecule has 0 radical (unpaired) electrons. The first-order valence-electron chi connectivity index (χ1n) is 6.50. The molecule has 0 aliphatic rings. The van der Waals surface area contributed by atoms with Gasteiger partial charge in [0.1, 0.15) is 6.04 Å². The summed E-state index contributed by atoms with van der Waals surface area (Å²) in [4.78, 5) is 22.6. The van der Waals surface area contributed by atoms with Crippen molar-refractivity contribution in [1.82, 2.24) is 10.6 Å². The number of aliphatic carboxylic acids is 1. The van der Waals surface area contributed by atoms with E-state index in [2.05, 4.69) is 10.6 Å². The number of hydrogen-bond acceptors (Lipinski definition) is 3. The van der Waals surface area contributed by atoms with Crippen LogP contribution in [0.3, 0.4) is 0 Å². The molecule has 0 saturated heterocycles. The standard InChI is InChI=1S/C13H26N2O4/c1-9(2)8-10(11(16)17)15-12(18)14-7-6-13(3,4)19-5/h9-10H,6-8H2,1-5H3,(H,16,17)(H2,14,15,18). The number of methoxy groups -OCH3 is 1. The lowest BCUT2D eigenvalue weighted by Crippen LogP contribution is -2.47. The van der Waals surface area contributed by atoms with Crippen molar-refractivity contribution < 1.29 is 19.4 Å². The van der Waals surface area contributed by atoms with Gasteiger partial charge in [0.15, 0.2) is 0 Å². The fourth-order valence-electron chi connectivity index (χ4n) is 1.48. The van der Waals surface area contributed by atoms with Gasteiger partial charge < -0.3 is 20.5 Å². The maximum absolute atomic E-state index is 11.6. The topological polar surface area (TPSA) is 87.7 Å². The molecule has 0 aliphatic heterocycles. The first-order valence-corrected chi connectivity index (χ1v) is 6.50.